The number of halogens is 3. The van der Waals surface area contributed by atoms with E-state index in [9.17, 15) is 13.2 Å². The molecule has 0 aromatic carbocycles. The molecule has 1 N–H and O–H groups in total. The molecular weight excluding hydrogens is 243 g/mol. The summed E-state index contributed by atoms with van der Waals surface area (Å²) in [7, 11) is 4.04. The van der Waals surface area contributed by atoms with Crippen molar-refractivity contribution in [2.24, 2.45) is 0 Å². The van der Waals surface area contributed by atoms with Gasteiger partial charge in [-0.2, -0.15) is 13.2 Å². The highest BCUT2D eigenvalue weighted by Crippen LogP contribution is 2.12. The third kappa shape index (κ3) is 9.67. The van der Waals surface area contributed by atoms with Gasteiger partial charge in [0.2, 0.25) is 0 Å². The lowest BCUT2D eigenvalue weighted by molar-refractivity contribution is -0.125. The molecule has 0 aliphatic carbocycles. The van der Waals surface area contributed by atoms with Crippen molar-refractivity contribution in [3.05, 3.63) is 0 Å². The van der Waals surface area contributed by atoms with Gasteiger partial charge in [-0.25, -0.2) is 0 Å². The molecule has 0 saturated carbocycles. The van der Waals surface area contributed by atoms with Crippen LogP contribution in [-0.2, 0) is 0 Å². The minimum absolute atomic E-state index is 0.125. The van der Waals surface area contributed by atoms with Gasteiger partial charge < -0.3 is 10.2 Å². The first-order valence-electron chi connectivity index (χ1n) is 6.42. The standard InChI is InChI=1S/C12H26F3N3/c1-5-18(8-6-7-17(3)4)11(2)9-16-10-12(13,14)15/h11,16H,5-10H2,1-4H3. The van der Waals surface area contributed by atoms with Crippen LogP contribution in [0.2, 0.25) is 0 Å². The van der Waals surface area contributed by atoms with Crippen LogP contribution >= 0.6 is 0 Å². The van der Waals surface area contributed by atoms with E-state index in [0.29, 0.717) is 6.54 Å². The van der Waals surface area contributed by atoms with Gasteiger partial charge in [-0.15, -0.1) is 0 Å². The van der Waals surface area contributed by atoms with E-state index in [1.54, 1.807) is 0 Å². The summed E-state index contributed by atoms with van der Waals surface area (Å²) in [5.41, 5.74) is 0. The lowest BCUT2D eigenvalue weighted by atomic mass is 10.2. The molecule has 0 spiro atoms. The van der Waals surface area contributed by atoms with Crippen molar-refractivity contribution in [2.75, 3.05) is 46.8 Å². The summed E-state index contributed by atoms with van der Waals surface area (Å²) in [5.74, 6) is 0. The maximum Gasteiger partial charge on any atom is 0.401 e. The Hall–Kier alpha value is -0.330. The molecule has 0 aromatic heterocycles. The first kappa shape index (κ1) is 17.7. The molecule has 0 heterocycles. The Kier molecular flexibility index (Phi) is 8.56. The molecule has 0 radical (unpaired) electrons. The van der Waals surface area contributed by atoms with E-state index in [1.165, 1.54) is 0 Å². The molecule has 0 saturated heterocycles. The van der Waals surface area contributed by atoms with Crippen molar-refractivity contribution in [1.29, 1.82) is 0 Å². The minimum Gasteiger partial charge on any atom is -0.309 e. The van der Waals surface area contributed by atoms with E-state index in [-0.39, 0.29) is 6.04 Å². The SMILES string of the molecule is CCN(CCCN(C)C)C(C)CNCC(F)(F)F. The zero-order valence-corrected chi connectivity index (χ0v) is 11.8. The fourth-order valence-electron chi connectivity index (χ4n) is 1.83. The van der Waals surface area contributed by atoms with Crippen LogP contribution in [0, 0.1) is 0 Å². The minimum atomic E-state index is -4.12. The van der Waals surface area contributed by atoms with Crippen molar-refractivity contribution in [3.63, 3.8) is 0 Å². The Morgan fingerprint density at radius 3 is 2.22 bits per heavy atom. The molecular formula is C12H26F3N3. The van der Waals surface area contributed by atoms with Gasteiger partial charge in [0.1, 0.15) is 0 Å². The van der Waals surface area contributed by atoms with Crippen LogP contribution in [0.4, 0.5) is 13.2 Å². The predicted octanol–water partition coefficient (Wildman–Crippen LogP) is 1.80. The molecule has 0 fully saturated rings. The number of hydrogen-bond donors (Lipinski definition) is 1. The van der Waals surface area contributed by atoms with E-state index >= 15 is 0 Å². The molecule has 0 bridgehead atoms. The van der Waals surface area contributed by atoms with E-state index in [2.05, 4.69) is 15.1 Å². The monoisotopic (exact) mass is 269 g/mol. The molecule has 1 unspecified atom stereocenters. The van der Waals surface area contributed by atoms with E-state index in [0.717, 1.165) is 26.1 Å². The maximum absolute atomic E-state index is 12.0. The second-order valence-electron chi connectivity index (χ2n) is 4.88. The summed E-state index contributed by atoms with van der Waals surface area (Å²) >= 11 is 0. The average Bonchev–Trinajstić information content (AvgIpc) is 2.22. The smallest absolute Gasteiger partial charge is 0.309 e. The molecule has 0 aliphatic heterocycles. The van der Waals surface area contributed by atoms with E-state index in [4.69, 9.17) is 0 Å². The van der Waals surface area contributed by atoms with Crippen LogP contribution in [0.25, 0.3) is 0 Å². The summed E-state index contributed by atoms with van der Waals surface area (Å²) in [4.78, 5) is 4.31. The highest BCUT2D eigenvalue weighted by molar-refractivity contribution is 4.70. The number of nitrogens with zero attached hydrogens (tertiary/aromatic N) is 2. The summed E-state index contributed by atoms with van der Waals surface area (Å²) in [6, 6.07) is 0.125. The van der Waals surface area contributed by atoms with Crippen LogP contribution in [0.3, 0.4) is 0 Å². The first-order valence-corrected chi connectivity index (χ1v) is 6.42. The molecule has 0 aliphatic rings. The summed E-state index contributed by atoms with van der Waals surface area (Å²) in [6.07, 6.45) is -3.09. The second-order valence-corrected chi connectivity index (χ2v) is 4.88. The Bertz CT molecular complexity index is 207. The first-order chi connectivity index (χ1) is 8.26. The van der Waals surface area contributed by atoms with Crippen LogP contribution in [0.15, 0.2) is 0 Å². The quantitative estimate of drug-likeness (QED) is 0.688. The number of hydrogen-bond acceptors (Lipinski definition) is 3. The molecule has 110 valence electrons. The third-order valence-electron chi connectivity index (χ3n) is 2.85. The molecule has 0 aromatic rings. The molecule has 6 heteroatoms. The van der Waals surface area contributed by atoms with E-state index in [1.807, 2.05) is 27.9 Å². The van der Waals surface area contributed by atoms with Crippen LogP contribution in [0.5, 0.6) is 0 Å². The topological polar surface area (TPSA) is 18.5 Å². The number of likely N-dealkylation sites (N-methyl/N-ethyl adjacent to an activating group) is 1. The zero-order chi connectivity index (χ0) is 14.2. The van der Waals surface area contributed by atoms with Crippen LogP contribution < -0.4 is 5.32 Å². The summed E-state index contributed by atoms with van der Waals surface area (Å²) < 4.78 is 36.0. The highest BCUT2D eigenvalue weighted by atomic mass is 19.4. The average molecular weight is 269 g/mol. The Morgan fingerprint density at radius 2 is 1.78 bits per heavy atom. The van der Waals surface area contributed by atoms with Crippen molar-refractivity contribution >= 4 is 0 Å². The Balaban J connectivity index is 3.84. The maximum atomic E-state index is 12.0. The molecule has 18 heavy (non-hydrogen) atoms. The summed E-state index contributed by atoms with van der Waals surface area (Å²) in [6.45, 7) is 6.24. The van der Waals surface area contributed by atoms with Crippen LogP contribution in [-0.4, -0.2) is 68.8 Å². The van der Waals surface area contributed by atoms with E-state index < -0.39 is 12.7 Å². The van der Waals surface area contributed by atoms with Gasteiger partial charge in [0, 0.05) is 12.6 Å². The second kappa shape index (κ2) is 8.72. The molecule has 0 rings (SSSR count). The van der Waals surface area contributed by atoms with Crippen LogP contribution in [0.1, 0.15) is 20.3 Å². The van der Waals surface area contributed by atoms with Gasteiger partial charge in [0.05, 0.1) is 6.54 Å². The Morgan fingerprint density at radius 1 is 1.17 bits per heavy atom. The summed E-state index contributed by atoms with van der Waals surface area (Å²) in [5, 5.41) is 2.46. The van der Waals surface area contributed by atoms with Gasteiger partial charge in [0.15, 0.2) is 0 Å². The Labute approximate surface area is 108 Å². The van der Waals surface area contributed by atoms with Gasteiger partial charge in [-0.1, -0.05) is 6.92 Å². The molecule has 3 nitrogen and oxygen atoms in total. The zero-order valence-electron chi connectivity index (χ0n) is 11.8. The van der Waals surface area contributed by atoms with Crippen molar-refractivity contribution in [3.8, 4) is 0 Å². The third-order valence-corrected chi connectivity index (χ3v) is 2.85. The van der Waals surface area contributed by atoms with Gasteiger partial charge >= 0.3 is 6.18 Å². The van der Waals surface area contributed by atoms with Crippen molar-refractivity contribution in [1.82, 2.24) is 15.1 Å². The fraction of sp³-hybridized carbons (Fsp3) is 1.00. The van der Waals surface area contributed by atoms with Gasteiger partial charge in [-0.3, -0.25) is 4.90 Å². The highest BCUT2D eigenvalue weighted by Gasteiger charge is 2.26. The van der Waals surface area contributed by atoms with Gasteiger partial charge in [-0.05, 0) is 47.1 Å². The largest absolute Gasteiger partial charge is 0.401 e. The lowest BCUT2D eigenvalue weighted by Gasteiger charge is -2.28. The lowest BCUT2D eigenvalue weighted by Crippen LogP contribution is -2.43. The molecule has 0 amide bonds. The number of rotatable bonds is 9. The predicted molar refractivity (Wildman–Crippen MR) is 68.8 cm³/mol. The van der Waals surface area contributed by atoms with Gasteiger partial charge in [0.25, 0.3) is 0 Å². The van der Waals surface area contributed by atoms with Crippen molar-refractivity contribution in [2.45, 2.75) is 32.5 Å². The van der Waals surface area contributed by atoms with Crippen molar-refractivity contribution < 1.29 is 13.2 Å². The normalized spacial score (nSPS) is 14.5. The fourth-order valence-corrected chi connectivity index (χ4v) is 1.83. The number of nitrogens with one attached hydrogen (secondary N) is 1. The number of alkyl halides is 3. The molecule has 1 atom stereocenters.